The summed E-state index contributed by atoms with van der Waals surface area (Å²) in [6.45, 7) is 0. The van der Waals surface area contributed by atoms with E-state index in [1.807, 2.05) is 54.3 Å². The highest BCUT2D eigenvalue weighted by Gasteiger charge is 2.13. The molecule has 3 rings (SSSR count). The van der Waals surface area contributed by atoms with Gasteiger partial charge in [-0.05, 0) is 24.3 Å². The van der Waals surface area contributed by atoms with Gasteiger partial charge in [-0.15, -0.1) is 0 Å². The summed E-state index contributed by atoms with van der Waals surface area (Å²) in [5.41, 5.74) is 2.21. The number of imidazole rings is 1. The summed E-state index contributed by atoms with van der Waals surface area (Å²) in [7, 11) is 3.47. The topological polar surface area (TPSA) is 50.4 Å². The number of fused-ring (bicyclic) bond motifs is 1. The number of aromatic nitrogens is 3. The Morgan fingerprint density at radius 2 is 2.00 bits per heavy atom. The van der Waals surface area contributed by atoms with Crippen molar-refractivity contribution in [1.82, 2.24) is 9.38 Å². The molecular weight excluding hydrogens is 242 g/mol. The van der Waals surface area contributed by atoms with Crippen LogP contribution in [0, 0.1) is 0 Å². The molecule has 2 heterocycles. The number of hydrogen-bond donors (Lipinski definition) is 1. The lowest BCUT2D eigenvalue weighted by Crippen LogP contribution is -2.32. The van der Waals surface area contributed by atoms with Crippen molar-refractivity contribution < 1.29 is 9.30 Å². The van der Waals surface area contributed by atoms with Crippen LogP contribution in [-0.2, 0) is 7.05 Å². The molecule has 5 nitrogen and oxygen atoms in total. The Bertz CT molecular complexity index is 785. The third-order valence-electron chi connectivity index (χ3n) is 3.15. The van der Waals surface area contributed by atoms with Crippen molar-refractivity contribution in [3.05, 3.63) is 53.2 Å². The first-order valence-electron chi connectivity index (χ1n) is 5.93. The molecule has 0 aliphatic carbocycles. The average Bonchev–Trinajstić information content (AvgIpc) is 2.81. The normalized spacial score (nSPS) is 10.8. The molecule has 0 unspecified atom stereocenters. The third kappa shape index (κ3) is 1.89. The van der Waals surface area contributed by atoms with Gasteiger partial charge in [0, 0.05) is 5.56 Å². The number of H-pyrrole nitrogens is 1. The number of nitrogens with zero attached hydrogens (tertiary/aromatic N) is 2. The summed E-state index contributed by atoms with van der Waals surface area (Å²) in [4.78, 5) is 14.9. The molecule has 0 bridgehead atoms. The van der Waals surface area contributed by atoms with Crippen LogP contribution in [0.1, 0.15) is 0 Å². The number of ether oxygens (including phenoxy) is 1. The second-order valence-electron chi connectivity index (χ2n) is 4.37. The second kappa shape index (κ2) is 4.28. The Morgan fingerprint density at radius 3 is 2.68 bits per heavy atom. The van der Waals surface area contributed by atoms with E-state index in [0.717, 1.165) is 17.0 Å². The fourth-order valence-corrected chi connectivity index (χ4v) is 2.14. The lowest BCUT2D eigenvalue weighted by atomic mass is 10.1. The average molecular weight is 256 g/mol. The van der Waals surface area contributed by atoms with Gasteiger partial charge in [-0.3, -0.25) is 4.79 Å². The molecule has 0 fully saturated rings. The molecule has 0 radical (unpaired) electrons. The number of rotatable bonds is 2. The fraction of sp³-hybridized carbons (Fsp3) is 0.143. The van der Waals surface area contributed by atoms with Crippen LogP contribution in [0.4, 0.5) is 0 Å². The van der Waals surface area contributed by atoms with Gasteiger partial charge < -0.3 is 9.72 Å². The van der Waals surface area contributed by atoms with Gasteiger partial charge in [-0.1, -0.05) is 0 Å². The van der Waals surface area contributed by atoms with Crippen LogP contribution >= 0.6 is 0 Å². The van der Waals surface area contributed by atoms with Gasteiger partial charge in [0.1, 0.15) is 24.3 Å². The largest absolute Gasteiger partial charge is 0.497 e. The van der Waals surface area contributed by atoms with Crippen molar-refractivity contribution in [2.75, 3.05) is 7.11 Å². The minimum absolute atomic E-state index is 0.110. The number of aromatic amines is 1. The van der Waals surface area contributed by atoms with Crippen LogP contribution in [0.2, 0.25) is 0 Å². The summed E-state index contributed by atoms with van der Waals surface area (Å²) >= 11 is 0. The number of aryl methyl sites for hydroxylation is 1. The molecule has 0 atom stereocenters. The van der Waals surface area contributed by atoms with Crippen molar-refractivity contribution in [3.63, 3.8) is 0 Å². The van der Waals surface area contributed by atoms with Crippen molar-refractivity contribution >= 4 is 5.65 Å². The van der Waals surface area contributed by atoms with Gasteiger partial charge in [-0.2, -0.15) is 4.40 Å². The van der Waals surface area contributed by atoms with E-state index < -0.39 is 0 Å². The second-order valence-corrected chi connectivity index (χ2v) is 4.37. The van der Waals surface area contributed by atoms with Crippen LogP contribution < -0.4 is 14.9 Å². The first kappa shape index (κ1) is 11.5. The number of benzene rings is 1. The summed E-state index contributed by atoms with van der Waals surface area (Å²) in [5, 5.41) is 0. The van der Waals surface area contributed by atoms with Gasteiger partial charge in [-0.25, -0.2) is 4.57 Å². The van der Waals surface area contributed by atoms with Gasteiger partial charge >= 0.3 is 11.2 Å². The first-order chi connectivity index (χ1) is 9.19. The summed E-state index contributed by atoms with van der Waals surface area (Å²) in [6, 6.07) is 7.57. The molecular formula is C14H14N3O2+. The molecule has 0 aliphatic heterocycles. The van der Waals surface area contributed by atoms with E-state index in [9.17, 15) is 4.79 Å². The predicted octanol–water partition coefficient (Wildman–Crippen LogP) is 1.13. The van der Waals surface area contributed by atoms with Crippen molar-refractivity contribution in [1.29, 1.82) is 0 Å². The zero-order valence-corrected chi connectivity index (χ0v) is 10.8. The zero-order chi connectivity index (χ0) is 13.4. The lowest BCUT2D eigenvalue weighted by molar-refractivity contribution is -0.645. The standard InChI is InChI=1S/C14H13N3O2/c1-16-7-8-17-9-12(15-13(18)14(16)17)10-3-5-11(19-2)6-4-10/h3-9H,1-2H3/p+1. The van der Waals surface area contributed by atoms with Crippen LogP contribution in [0.3, 0.4) is 0 Å². The highest BCUT2D eigenvalue weighted by atomic mass is 16.5. The summed E-state index contributed by atoms with van der Waals surface area (Å²) in [6.07, 6.45) is 5.61. The van der Waals surface area contributed by atoms with Gasteiger partial charge in [0.05, 0.1) is 19.9 Å². The van der Waals surface area contributed by atoms with Crippen molar-refractivity contribution in [2.24, 2.45) is 7.05 Å². The molecule has 5 heteroatoms. The first-order valence-corrected chi connectivity index (χ1v) is 5.93. The lowest BCUT2D eigenvalue weighted by Gasteiger charge is -2.02. The number of nitrogens with one attached hydrogen (secondary N) is 1. The molecule has 1 N–H and O–H groups in total. The Labute approximate surface area is 109 Å². The van der Waals surface area contributed by atoms with E-state index in [-0.39, 0.29) is 5.56 Å². The van der Waals surface area contributed by atoms with E-state index in [1.54, 1.807) is 11.7 Å². The van der Waals surface area contributed by atoms with Crippen molar-refractivity contribution in [2.45, 2.75) is 0 Å². The van der Waals surface area contributed by atoms with Gasteiger partial charge in [0.2, 0.25) is 0 Å². The Hall–Kier alpha value is -2.56. The van der Waals surface area contributed by atoms with E-state index in [0.29, 0.717) is 5.65 Å². The molecule has 0 amide bonds. The Balaban J connectivity index is 2.17. The summed E-state index contributed by atoms with van der Waals surface area (Å²) < 4.78 is 8.73. The molecule has 19 heavy (non-hydrogen) atoms. The van der Waals surface area contributed by atoms with Gasteiger partial charge in [0.25, 0.3) is 0 Å². The van der Waals surface area contributed by atoms with E-state index in [2.05, 4.69) is 4.98 Å². The maximum Gasteiger partial charge on any atom is 0.352 e. The molecule has 96 valence electrons. The highest BCUT2D eigenvalue weighted by molar-refractivity contribution is 5.60. The van der Waals surface area contributed by atoms with E-state index >= 15 is 0 Å². The molecule has 3 aromatic rings. The van der Waals surface area contributed by atoms with E-state index in [1.165, 1.54) is 0 Å². The van der Waals surface area contributed by atoms with Gasteiger partial charge in [0.15, 0.2) is 0 Å². The predicted molar refractivity (Wildman–Crippen MR) is 71.2 cm³/mol. The molecule has 0 aliphatic rings. The van der Waals surface area contributed by atoms with Crippen LogP contribution in [-0.4, -0.2) is 16.5 Å². The maximum atomic E-state index is 12.1. The number of hydrogen-bond acceptors (Lipinski definition) is 2. The Kier molecular flexibility index (Phi) is 2.59. The molecule has 0 spiro atoms. The SMILES string of the molecule is COc1ccc(-c2cn3cc[n+](C)c3c(=O)[nH]2)cc1. The van der Waals surface area contributed by atoms with E-state index in [4.69, 9.17) is 4.74 Å². The zero-order valence-electron chi connectivity index (χ0n) is 10.8. The minimum Gasteiger partial charge on any atom is -0.497 e. The maximum absolute atomic E-state index is 12.1. The number of methoxy groups -OCH3 is 1. The fourth-order valence-electron chi connectivity index (χ4n) is 2.14. The highest BCUT2D eigenvalue weighted by Crippen LogP contribution is 2.19. The van der Waals surface area contributed by atoms with Crippen LogP contribution in [0.25, 0.3) is 16.9 Å². The van der Waals surface area contributed by atoms with Crippen molar-refractivity contribution in [3.8, 4) is 17.0 Å². The third-order valence-corrected chi connectivity index (χ3v) is 3.15. The Morgan fingerprint density at radius 1 is 1.26 bits per heavy atom. The quantitative estimate of drug-likeness (QED) is 0.699. The van der Waals surface area contributed by atoms with Crippen LogP contribution in [0.15, 0.2) is 47.7 Å². The molecule has 0 saturated heterocycles. The van der Waals surface area contributed by atoms with Crippen LogP contribution in [0.5, 0.6) is 5.75 Å². The minimum atomic E-state index is -0.110. The monoisotopic (exact) mass is 256 g/mol. The molecule has 2 aromatic heterocycles. The molecule has 1 aromatic carbocycles. The summed E-state index contributed by atoms with van der Waals surface area (Å²) in [5.74, 6) is 0.791. The molecule has 0 saturated carbocycles. The smallest absolute Gasteiger partial charge is 0.352 e.